The summed E-state index contributed by atoms with van der Waals surface area (Å²) in [5, 5.41) is 11.1. The first kappa shape index (κ1) is 8.21. The Kier molecular flexibility index (Phi) is 2.39. The highest BCUT2D eigenvalue weighted by atomic mass is 16.5. The fourth-order valence-corrected chi connectivity index (χ4v) is 3.38. The van der Waals surface area contributed by atoms with Gasteiger partial charge >= 0.3 is 0 Å². The number of nitrogens with zero attached hydrogens (tertiary/aromatic N) is 1. The van der Waals surface area contributed by atoms with E-state index in [-0.39, 0.29) is 30.2 Å². The Morgan fingerprint density at radius 2 is 2.13 bits per heavy atom. The monoisotopic (exact) mass is 329 g/mol. The minimum Gasteiger partial charge on any atom is -0.493 e. The highest BCUT2D eigenvalue weighted by Crippen LogP contribution is 2.43. The van der Waals surface area contributed by atoms with Gasteiger partial charge in [0.05, 0.1) is 29.8 Å². The van der Waals surface area contributed by atoms with Crippen molar-refractivity contribution in [2.24, 2.45) is 11.8 Å². The Bertz CT molecular complexity index is 899. The molecule has 1 fully saturated rings. The molecule has 2 aliphatic rings. The SMILES string of the molecule is [2H]C([2H])([2H])Oc1cc2c(cc1OC([2H])([2H])[2H])[C@H]1N(CC2)C[C@]([2H])(CC(C)C)[C@]([2H])(O)C1([2H])[2H]. The second kappa shape index (κ2) is 6.70. The molecule has 0 bridgehead atoms. The van der Waals surface area contributed by atoms with Crippen molar-refractivity contribution >= 4 is 0 Å². The van der Waals surface area contributed by atoms with Gasteiger partial charge in [-0.25, -0.2) is 0 Å². The van der Waals surface area contributed by atoms with Crippen molar-refractivity contribution in [2.75, 3.05) is 27.2 Å². The predicted molar refractivity (Wildman–Crippen MR) is 91.1 cm³/mol. The maximum absolute atomic E-state index is 11.1. The molecule has 2 aliphatic heterocycles. The third-order valence-corrected chi connectivity index (χ3v) is 4.41. The zero-order valence-corrected chi connectivity index (χ0v) is 13.3. The summed E-state index contributed by atoms with van der Waals surface area (Å²) in [7, 11) is -5.80. The lowest BCUT2D eigenvalue weighted by atomic mass is 9.79. The number of ether oxygens (including phenoxy) is 2. The number of fused-ring (bicyclic) bond motifs is 3. The van der Waals surface area contributed by atoms with Gasteiger partial charge in [0.25, 0.3) is 0 Å². The smallest absolute Gasteiger partial charge is 0.161 e. The van der Waals surface area contributed by atoms with Crippen LogP contribution in [0.3, 0.4) is 0 Å². The Morgan fingerprint density at radius 3 is 2.83 bits per heavy atom. The normalized spacial score (nSPS) is 43.6. The summed E-state index contributed by atoms with van der Waals surface area (Å²) < 4.78 is 89.1. The number of methoxy groups -OCH3 is 2. The van der Waals surface area contributed by atoms with E-state index in [1.54, 1.807) is 4.90 Å². The molecule has 0 spiro atoms. The van der Waals surface area contributed by atoms with Crippen LogP contribution in [0.5, 0.6) is 11.5 Å². The molecule has 1 aromatic rings. The molecule has 0 amide bonds. The minimum atomic E-state index is -2.93. The summed E-state index contributed by atoms with van der Waals surface area (Å²) >= 11 is 0. The highest BCUT2D eigenvalue weighted by molar-refractivity contribution is 5.49. The summed E-state index contributed by atoms with van der Waals surface area (Å²) in [5.74, 6) is -2.56. The van der Waals surface area contributed by atoms with Gasteiger partial charge in [0.2, 0.25) is 0 Å². The van der Waals surface area contributed by atoms with E-state index in [0.29, 0.717) is 18.5 Å². The van der Waals surface area contributed by atoms with Crippen molar-refractivity contribution in [3.8, 4) is 11.5 Å². The van der Waals surface area contributed by atoms with E-state index in [1.807, 2.05) is 13.8 Å². The zero-order valence-electron chi connectivity index (χ0n) is 23.3. The lowest BCUT2D eigenvalue weighted by molar-refractivity contribution is -0.0191. The molecule has 1 saturated heterocycles. The molecule has 3 rings (SSSR count). The Morgan fingerprint density at radius 1 is 1.39 bits per heavy atom. The Labute approximate surface area is 153 Å². The summed E-state index contributed by atoms with van der Waals surface area (Å²) in [6.45, 7) is 3.92. The van der Waals surface area contributed by atoms with E-state index in [2.05, 4.69) is 0 Å². The quantitative estimate of drug-likeness (QED) is 0.922. The second-order valence-electron chi connectivity index (χ2n) is 6.52. The average molecular weight is 330 g/mol. The fourth-order valence-electron chi connectivity index (χ4n) is 3.38. The molecule has 0 aromatic heterocycles. The first-order valence-electron chi connectivity index (χ1n) is 12.8. The molecule has 1 aromatic carbocycles. The van der Waals surface area contributed by atoms with E-state index in [9.17, 15) is 5.11 Å². The van der Waals surface area contributed by atoms with Gasteiger partial charge in [0, 0.05) is 23.2 Å². The van der Waals surface area contributed by atoms with Crippen LogP contribution in [0.1, 0.15) is 57.5 Å². The largest absolute Gasteiger partial charge is 0.493 e. The standard InChI is InChI=1S/C19H29NO3/c1-12(2)7-14-11-20-6-5-13-8-18(22-3)19(23-4)9-15(13)16(20)10-17(14)21/h8-9,12,14,16-17,21H,5-7,10-11H2,1-4H3/t14-,16-,17+/m0/s1/i3D3,4D3,10D2,14D,17D. The first-order chi connectivity index (χ1) is 14.8. The van der Waals surface area contributed by atoms with Crippen molar-refractivity contribution in [3.63, 3.8) is 0 Å². The van der Waals surface area contributed by atoms with Crippen LogP contribution < -0.4 is 9.47 Å². The highest BCUT2D eigenvalue weighted by Gasteiger charge is 2.38. The first-order valence-corrected chi connectivity index (χ1v) is 7.79. The number of aliphatic hydroxyl groups is 1. The summed E-state index contributed by atoms with van der Waals surface area (Å²) in [6.07, 6.45) is -4.91. The van der Waals surface area contributed by atoms with E-state index in [4.69, 9.17) is 23.2 Å². The zero-order chi connectivity index (χ0) is 25.2. The minimum absolute atomic E-state index is 0.0531. The van der Waals surface area contributed by atoms with Crippen molar-refractivity contribution in [3.05, 3.63) is 23.3 Å². The van der Waals surface area contributed by atoms with Gasteiger partial charge in [0.15, 0.2) is 11.5 Å². The van der Waals surface area contributed by atoms with Crippen LogP contribution in [0.15, 0.2) is 12.1 Å². The molecule has 0 aliphatic carbocycles. The second-order valence-corrected chi connectivity index (χ2v) is 6.52. The van der Waals surface area contributed by atoms with Gasteiger partial charge in [-0.1, -0.05) is 13.8 Å². The number of hydrogen-bond acceptors (Lipinski definition) is 4. The van der Waals surface area contributed by atoms with Gasteiger partial charge in [-0.2, -0.15) is 0 Å². The summed E-state index contributed by atoms with van der Waals surface area (Å²) in [5.41, 5.74) is 0.759. The number of rotatable bonds is 4. The van der Waals surface area contributed by atoms with Crippen LogP contribution in [-0.4, -0.2) is 43.3 Å². The molecule has 2 heterocycles. The molecular formula is C19H29NO3. The van der Waals surface area contributed by atoms with Crippen LogP contribution in [0.2, 0.25) is 0 Å². The third-order valence-electron chi connectivity index (χ3n) is 4.41. The van der Waals surface area contributed by atoms with Gasteiger partial charge < -0.3 is 14.6 Å². The molecule has 128 valence electrons. The number of benzene rings is 1. The maximum Gasteiger partial charge on any atom is 0.161 e. The molecule has 4 nitrogen and oxygen atoms in total. The van der Waals surface area contributed by atoms with Crippen LogP contribution in [0, 0.1) is 11.8 Å². The molecule has 1 N–H and O–H groups in total. The topological polar surface area (TPSA) is 41.9 Å². The average Bonchev–Trinajstić information content (AvgIpc) is 2.57. The number of piperidine rings is 1. The van der Waals surface area contributed by atoms with Gasteiger partial charge in [-0.15, -0.1) is 0 Å². The lowest BCUT2D eigenvalue weighted by Gasteiger charge is -2.46. The van der Waals surface area contributed by atoms with Crippen LogP contribution in [0.25, 0.3) is 0 Å². The van der Waals surface area contributed by atoms with Crippen molar-refractivity contribution in [1.29, 1.82) is 0 Å². The van der Waals surface area contributed by atoms with Crippen LogP contribution >= 0.6 is 0 Å². The number of hydrogen-bond donors (Lipinski definition) is 1. The van der Waals surface area contributed by atoms with Gasteiger partial charge in [-0.3, -0.25) is 4.90 Å². The Balaban J connectivity index is 2.14. The van der Waals surface area contributed by atoms with Gasteiger partial charge in [-0.05, 0) is 54.3 Å². The van der Waals surface area contributed by atoms with Crippen molar-refractivity contribution in [2.45, 2.75) is 45.2 Å². The lowest BCUT2D eigenvalue weighted by Crippen LogP contribution is -2.48. The molecule has 23 heavy (non-hydrogen) atoms. The molecule has 0 radical (unpaired) electrons. The maximum atomic E-state index is 11.1. The van der Waals surface area contributed by atoms with E-state index < -0.39 is 44.2 Å². The molecular weight excluding hydrogens is 290 g/mol. The van der Waals surface area contributed by atoms with Crippen LogP contribution in [-0.2, 0) is 6.42 Å². The van der Waals surface area contributed by atoms with E-state index in [0.717, 1.165) is 0 Å². The van der Waals surface area contributed by atoms with Crippen molar-refractivity contribution < 1.29 is 28.3 Å². The third kappa shape index (κ3) is 3.20. The summed E-state index contributed by atoms with van der Waals surface area (Å²) in [4.78, 5) is 1.68. The van der Waals surface area contributed by atoms with Gasteiger partial charge in [0.1, 0.15) is 0 Å². The predicted octanol–water partition coefficient (Wildman–Crippen LogP) is 3.03. The molecule has 0 unspecified atom stereocenters. The molecule has 4 heteroatoms. The Hall–Kier alpha value is -1.26. The van der Waals surface area contributed by atoms with E-state index in [1.165, 1.54) is 12.1 Å². The summed E-state index contributed by atoms with van der Waals surface area (Å²) in [6, 6.07) is 1.36. The van der Waals surface area contributed by atoms with Crippen molar-refractivity contribution in [1.82, 2.24) is 4.90 Å². The molecule has 0 saturated carbocycles. The van der Waals surface area contributed by atoms with E-state index >= 15 is 0 Å². The fraction of sp³-hybridized carbons (Fsp3) is 0.684. The van der Waals surface area contributed by atoms with Crippen LogP contribution in [0.4, 0.5) is 0 Å². The molecule has 3 atom stereocenters.